The highest BCUT2D eigenvalue weighted by atomic mass is 79.9. The second kappa shape index (κ2) is 7.20. The molecule has 4 aromatic rings. The maximum absolute atomic E-state index is 4.99. The molecule has 0 fully saturated rings. The molecule has 0 saturated heterocycles. The topological polar surface area (TPSA) is 12.9 Å². The Labute approximate surface area is 156 Å². The Morgan fingerprint density at radius 3 is 2.00 bits per heavy atom. The molecule has 2 heteroatoms. The van der Waals surface area contributed by atoms with E-state index in [4.69, 9.17) is 4.98 Å². The van der Waals surface area contributed by atoms with Crippen molar-refractivity contribution in [2.45, 2.75) is 12.8 Å². The molecule has 0 radical (unpaired) electrons. The minimum Gasteiger partial charge on any atom is -0.252 e. The van der Waals surface area contributed by atoms with Crippen molar-refractivity contribution >= 4 is 26.8 Å². The number of halogens is 1. The third-order valence-corrected chi connectivity index (χ3v) is 4.89. The van der Waals surface area contributed by atoms with E-state index in [2.05, 4.69) is 101 Å². The zero-order chi connectivity index (χ0) is 17.1. The Hall–Kier alpha value is -2.45. The maximum Gasteiger partial charge on any atom is 0.0706 e. The fourth-order valence-electron chi connectivity index (χ4n) is 3.14. The summed E-state index contributed by atoms with van der Waals surface area (Å²) in [5, 5.41) is 1.18. The zero-order valence-corrected chi connectivity index (χ0v) is 15.4. The molecule has 0 spiro atoms. The number of nitrogens with zero attached hydrogens (tertiary/aromatic N) is 1. The van der Waals surface area contributed by atoms with Crippen molar-refractivity contribution < 1.29 is 0 Å². The van der Waals surface area contributed by atoms with E-state index in [1.165, 1.54) is 22.1 Å². The molecular weight excluding hydrogens is 370 g/mol. The first-order valence-corrected chi connectivity index (χ1v) is 9.23. The molecule has 0 bridgehead atoms. The lowest BCUT2D eigenvalue weighted by atomic mass is 9.98. The van der Waals surface area contributed by atoms with E-state index < -0.39 is 0 Å². The highest BCUT2D eigenvalue weighted by Crippen LogP contribution is 2.24. The van der Waals surface area contributed by atoms with Crippen LogP contribution < -0.4 is 0 Å². The van der Waals surface area contributed by atoms with E-state index in [1.54, 1.807) is 0 Å². The van der Waals surface area contributed by atoms with Gasteiger partial charge in [-0.3, -0.25) is 4.98 Å². The van der Waals surface area contributed by atoms with Crippen LogP contribution in [0.2, 0.25) is 0 Å². The van der Waals surface area contributed by atoms with Gasteiger partial charge >= 0.3 is 0 Å². The van der Waals surface area contributed by atoms with Crippen molar-refractivity contribution in [2.24, 2.45) is 0 Å². The summed E-state index contributed by atoms with van der Waals surface area (Å²) in [7, 11) is 0. The molecule has 0 aliphatic rings. The van der Waals surface area contributed by atoms with Gasteiger partial charge in [-0.2, -0.15) is 0 Å². The van der Waals surface area contributed by atoms with Crippen molar-refractivity contribution in [3.8, 4) is 0 Å². The van der Waals surface area contributed by atoms with Gasteiger partial charge in [-0.05, 0) is 47.4 Å². The molecule has 3 aromatic carbocycles. The minimum absolute atomic E-state index is 0.856. The lowest BCUT2D eigenvalue weighted by Gasteiger charge is -2.12. The van der Waals surface area contributed by atoms with Gasteiger partial charge in [-0.15, -0.1) is 0 Å². The molecule has 1 heterocycles. The van der Waals surface area contributed by atoms with Crippen LogP contribution in [0.5, 0.6) is 0 Å². The van der Waals surface area contributed by atoms with E-state index in [0.29, 0.717) is 0 Å². The third-order valence-electron chi connectivity index (χ3n) is 4.40. The molecule has 0 saturated carbocycles. The molecule has 0 atom stereocenters. The van der Waals surface area contributed by atoms with Crippen LogP contribution in [0.4, 0.5) is 0 Å². The predicted molar refractivity (Wildman–Crippen MR) is 108 cm³/mol. The van der Waals surface area contributed by atoms with Gasteiger partial charge in [0.05, 0.1) is 5.52 Å². The Bertz CT molecular complexity index is 994. The Kier molecular flexibility index (Phi) is 4.62. The van der Waals surface area contributed by atoms with Crippen molar-refractivity contribution in [1.82, 2.24) is 4.98 Å². The van der Waals surface area contributed by atoms with Crippen LogP contribution >= 0.6 is 15.9 Å². The highest BCUT2D eigenvalue weighted by molar-refractivity contribution is 9.10. The second-order valence-electron chi connectivity index (χ2n) is 6.26. The lowest BCUT2D eigenvalue weighted by Crippen LogP contribution is -2.01. The number of pyridine rings is 1. The van der Waals surface area contributed by atoms with Crippen LogP contribution in [0.1, 0.15) is 22.4 Å². The first kappa shape index (κ1) is 16.0. The normalized spacial score (nSPS) is 10.9. The molecule has 1 aromatic heterocycles. The SMILES string of the molecule is Brc1ccc2nc(Cc3ccccc3)c(Cc3ccccc3)cc2c1. The predicted octanol–water partition coefficient (Wildman–Crippen LogP) is 6.18. The molecule has 0 unspecified atom stereocenters. The summed E-state index contributed by atoms with van der Waals surface area (Å²) in [6.45, 7) is 0. The van der Waals surface area contributed by atoms with Gasteiger partial charge in [-0.25, -0.2) is 0 Å². The highest BCUT2D eigenvalue weighted by Gasteiger charge is 2.09. The van der Waals surface area contributed by atoms with Gasteiger partial charge in [0.1, 0.15) is 0 Å². The number of aromatic nitrogens is 1. The van der Waals surface area contributed by atoms with Gasteiger partial charge in [0.15, 0.2) is 0 Å². The number of hydrogen-bond acceptors (Lipinski definition) is 1. The van der Waals surface area contributed by atoms with Crippen LogP contribution in [0.15, 0.2) is 89.4 Å². The molecule has 0 aliphatic heterocycles. The largest absolute Gasteiger partial charge is 0.252 e. The van der Waals surface area contributed by atoms with E-state index in [1.807, 2.05) is 0 Å². The quantitative estimate of drug-likeness (QED) is 0.407. The number of benzene rings is 3. The molecule has 122 valence electrons. The van der Waals surface area contributed by atoms with Crippen molar-refractivity contribution in [3.63, 3.8) is 0 Å². The van der Waals surface area contributed by atoms with Gasteiger partial charge in [-0.1, -0.05) is 76.6 Å². The van der Waals surface area contributed by atoms with Crippen LogP contribution in [0.25, 0.3) is 10.9 Å². The fourth-order valence-corrected chi connectivity index (χ4v) is 3.52. The van der Waals surface area contributed by atoms with Crippen molar-refractivity contribution in [2.75, 3.05) is 0 Å². The summed E-state index contributed by atoms with van der Waals surface area (Å²) in [6, 6.07) is 29.7. The van der Waals surface area contributed by atoms with Gasteiger partial charge in [0.2, 0.25) is 0 Å². The Balaban J connectivity index is 1.80. The summed E-state index contributed by atoms with van der Waals surface area (Å²) in [6.07, 6.45) is 1.76. The molecule has 0 N–H and O–H groups in total. The molecule has 0 amide bonds. The molecule has 25 heavy (non-hydrogen) atoms. The van der Waals surface area contributed by atoms with Gasteiger partial charge in [0.25, 0.3) is 0 Å². The minimum atomic E-state index is 0.856. The smallest absolute Gasteiger partial charge is 0.0706 e. The Morgan fingerprint density at radius 2 is 1.32 bits per heavy atom. The van der Waals surface area contributed by atoms with Crippen LogP contribution in [0, 0.1) is 0 Å². The number of hydrogen-bond donors (Lipinski definition) is 0. The van der Waals surface area contributed by atoms with Gasteiger partial charge < -0.3 is 0 Å². The Morgan fingerprint density at radius 1 is 0.680 bits per heavy atom. The van der Waals surface area contributed by atoms with Gasteiger partial charge in [0, 0.05) is 22.0 Å². The second-order valence-corrected chi connectivity index (χ2v) is 7.17. The summed E-state index contributed by atoms with van der Waals surface area (Å²) in [5.41, 5.74) is 6.10. The summed E-state index contributed by atoms with van der Waals surface area (Å²) in [5.74, 6) is 0. The van der Waals surface area contributed by atoms with Crippen LogP contribution in [-0.4, -0.2) is 4.98 Å². The van der Waals surface area contributed by atoms with E-state index in [0.717, 1.165) is 28.5 Å². The lowest BCUT2D eigenvalue weighted by molar-refractivity contribution is 1.03. The molecule has 4 rings (SSSR count). The summed E-state index contributed by atoms with van der Waals surface area (Å²) >= 11 is 3.57. The molecular formula is C23H18BrN. The average molecular weight is 388 g/mol. The van der Waals surface area contributed by atoms with Crippen LogP contribution in [0.3, 0.4) is 0 Å². The van der Waals surface area contributed by atoms with E-state index >= 15 is 0 Å². The first-order valence-electron chi connectivity index (χ1n) is 8.44. The van der Waals surface area contributed by atoms with Crippen molar-refractivity contribution in [1.29, 1.82) is 0 Å². The number of fused-ring (bicyclic) bond motifs is 1. The van der Waals surface area contributed by atoms with Crippen molar-refractivity contribution in [3.05, 3.63) is 112 Å². The maximum atomic E-state index is 4.99. The third kappa shape index (κ3) is 3.80. The van der Waals surface area contributed by atoms with Crippen LogP contribution in [-0.2, 0) is 12.8 Å². The molecule has 0 aliphatic carbocycles. The summed E-state index contributed by atoms with van der Waals surface area (Å²) < 4.78 is 1.09. The number of rotatable bonds is 4. The zero-order valence-electron chi connectivity index (χ0n) is 13.8. The molecule has 1 nitrogen and oxygen atoms in total. The first-order chi connectivity index (χ1) is 12.3. The average Bonchev–Trinajstić information content (AvgIpc) is 2.64. The monoisotopic (exact) mass is 387 g/mol. The van der Waals surface area contributed by atoms with E-state index in [-0.39, 0.29) is 0 Å². The summed E-state index contributed by atoms with van der Waals surface area (Å²) in [4.78, 5) is 4.99. The van der Waals surface area contributed by atoms with E-state index in [9.17, 15) is 0 Å². The standard InChI is InChI=1S/C23H18BrN/c24-21-11-12-22-20(16-21)15-19(13-17-7-3-1-4-8-17)23(25-22)14-18-9-5-2-6-10-18/h1-12,15-16H,13-14H2. The fraction of sp³-hybridized carbons (Fsp3) is 0.0870.